The van der Waals surface area contributed by atoms with Gasteiger partial charge in [-0.2, -0.15) is 0 Å². The number of amides is 1. The molecule has 8 heteroatoms. The van der Waals surface area contributed by atoms with Crippen LogP contribution in [0.2, 0.25) is 0 Å². The lowest BCUT2D eigenvalue weighted by atomic mass is 9.88. The average molecular weight is 338 g/mol. The van der Waals surface area contributed by atoms with Crippen molar-refractivity contribution >= 4 is 11.9 Å². The molecule has 0 heterocycles. The molecule has 8 nitrogen and oxygen atoms in total. The van der Waals surface area contributed by atoms with Gasteiger partial charge in [-0.3, -0.25) is 4.79 Å². The molecule has 0 radical (unpaired) electrons. The van der Waals surface area contributed by atoms with Gasteiger partial charge in [-0.15, -0.1) is 0 Å². The molecule has 0 bridgehead atoms. The minimum absolute atomic E-state index is 0.211. The Bertz CT molecular complexity index is 514. The predicted octanol–water partition coefficient (Wildman–Crippen LogP) is 2.64. The number of hydrogen-bond donors (Lipinski definition) is 1. The van der Waals surface area contributed by atoms with Gasteiger partial charge in [0.05, 0.1) is 24.8 Å². The van der Waals surface area contributed by atoms with Crippen molar-refractivity contribution in [3.63, 3.8) is 0 Å². The van der Waals surface area contributed by atoms with Crippen molar-refractivity contribution in [3.8, 4) is 0 Å². The molecule has 134 valence electrons. The molecule has 1 amide bonds. The molecule has 0 aromatic heterocycles. The second-order valence-electron chi connectivity index (χ2n) is 5.66. The quantitative estimate of drug-likeness (QED) is 0.229. The Kier molecular flexibility index (Phi) is 8.89. The Balaban J connectivity index is 2.99. The van der Waals surface area contributed by atoms with Gasteiger partial charge in [0.1, 0.15) is 0 Å². The van der Waals surface area contributed by atoms with Gasteiger partial charge in [-0.05, 0) is 31.4 Å². The molecule has 3 atom stereocenters. The number of unbranched alkanes of at least 4 members (excludes halogenated alkanes) is 2. The van der Waals surface area contributed by atoms with Gasteiger partial charge in [0.25, 0.3) is 0 Å². The Labute approximate surface area is 142 Å². The van der Waals surface area contributed by atoms with E-state index in [1.54, 1.807) is 13.0 Å². The number of carbonyl (C=O) groups is 2. The molecule has 0 saturated heterocycles. The summed E-state index contributed by atoms with van der Waals surface area (Å²) < 4.78 is 10.9. The van der Waals surface area contributed by atoms with E-state index in [9.17, 15) is 9.59 Å². The summed E-state index contributed by atoms with van der Waals surface area (Å²) in [6.07, 6.45) is 4.33. The molecular weight excluding hydrogens is 312 g/mol. The van der Waals surface area contributed by atoms with Crippen molar-refractivity contribution < 1.29 is 19.1 Å². The van der Waals surface area contributed by atoms with Gasteiger partial charge in [-0.25, -0.2) is 4.79 Å². The minimum Gasteiger partial charge on any atom is -0.463 e. The minimum atomic E-state index is -0.598. The number of ether oxygens (including phenoxy) is 2. The molecule has 0 aliphatic heterocycles. The van der Waals surface area contributed by atoms with Crippen LogP contribution in [-0.2, 0) is 19.1 Å². The smallest absolute Gasteiger partial charge is 0.333 e. The van der Waals surface area contributed by atoms with Gasteiger partial charge in [0.2, 0.25) is 5.91 Å². The highest BCUT2D eigenvalue weighted by Crippen LogP contribution is 2.25. The maximum Gasteiger partial charge on any atom is 0.333 e. The first-order chi connectivity index (χ1) is 11.5. The molecular formula is C16H26N4O4. The van der Waals surface area contributed by atoms with Crippen molar-refractivity contribution in [2.45, 2.75) is 64.6 Å². The lowest BCUT2D eigenvalue weighted by Gasteiger charge is -2.34. The number of azide groups is 1. The van der Waals surface area contributed by atoms with Gasteiger partial charge >= 0.3 is 5.97 Å². The second kappa shape index (κ2) is 10.7. The third-order valence-corrected chi connectivity index (χ3v) is 3.73. The van der Waals surface area contributed by atoms with E-state index in [2.05, 4.69) is 22.3 Å². The maximum atomic E-state index is 12.0. The molecule has 0 aromatic carbocycles. The van der Waals surface area contributed by atoms with E-state index in [-0.39, 0.29) is 18.9 Å². The lowest BCUT2D eigenvalue weighted by Crippen LogP contribution is -2.52. The summed E-state index contributed by atoms with van der Waals surface area (Å²) in [4.78, 5) is 26.4. The van der Waals surface area contributed by atoms with Crippen LogP contribution in [0.4, 0.5) is 0 Å². The third-order valence-electron chi connectivity index (χ3n) is 3.73. The normalized spacial score (nSPS) is 23.0. The van der Waals surface area contributed by atoms with E-state index in [1.165, 1.54) is 6.92 Å². The van der Waals surface area contributed by atoms with E-state index in [4.69, 9.17) is 15.0 Å². The lowest BCUT2D eigenvalue weighted by molar-refractivity contribution is -0.139. The molecule has 24 heavy (non-hydrogen) atoms. The highest BCUT2D eigenvalue weighted by atomic mass is 16.5. The Hall–Kier alpha value is -2.05. The molecule has 1 aliphatic rings. The first-order valence-corrected chi connectivity index (χ1v) is 8.34. The van der Waals surface area contributed by atoms with Crippen LogP contribution in [0.5, 0.6) is 0 Å². The number of carbonyl (C=O) groups excluding carboxylic acids is 2. The average Bonchev–Trinajstić information content (AvgIpc) is 2.54. The third kappa shape index (κ3) is 6.22. The van der Waals surface area contributed by atoms with Crippen molar-refractivity contribution in [2.75, 3.05) is 13.2 Å². The van der Waals surface area contributed by atoms with E-state index >= 15 is 0 Å². The van der Waals surface area contributed by atoms with Crippen LogP contribution in [-0.4, -0.2) is 43.3 Å². The Morgan fingerprint density at radius 1 is 1.42 bits per heavy atom. The number of nitrogens with one attached hydrogen (secondary N) is 1. The number of esters is 1. The van der Waals surface area contributed by atoms with Crippen molar-refractivity contribution in [1.82, 2.24) is 5.32 Å². The highest BCUT2D eigenvalue weighted by molar-refractivity contribution is 5.89. The van der Waals surface area contributed by atoms with Crippen LogP contribution < -0.4 is 5.32 Å². The topological polar surface area (TPSA) is 113 Å². The van der Waals surface area contributed by atoms with Crippen LogP contribution in [0.3, 0.4) is 0 Å². The zero-order chi connectivity index (χ0) is 17.9. The molecule has 0 unspecified atom stereocenters. The summed E-state index contributed by atoms with van der Waals surface area (Å²) in [5.41, 5.74) is 9.21. The monoisotopic (exact) mass is 338 g/mol. The summed E-state index contributed by atoms with van der Waals surface area (Å²) in [5.74, 6) is -0.688. The Morgan fingerprint density at radius 3 is 2.75 bits per heavy atom. The zero-order valence-electron chi connectivity index (χ0n) is 14.5. The molecule has 1 aliphatic carbocycles. The van der Waals surface area contributed by atoms with E-state index in [0.717, 1.165) is 19.3 Å². The van der Waals surface area contributed by atoms with Crippen molar-refractivity contribution in [3.05, 3.63) is 22.1 Å². The Morgan fingerprint density at radius 2 is 2.17 bits per heavy atom. The number of hydrogen-bond acceptors (Lipinski definition) is 5. The van der Waals surface area contributed by atoms with Crippen LogP contribution in [0.15, 0.2) is 16.8 Å². The molecule has 0 aromatic rings. The summed E-state index contributed by atoms with van der Waals surface area (Å²) in [7, 11) is 0. The second-order valence-corrected chi connectivity index (χ2v) is 5.66. The molecule has 1 rings (SSSR count). The summed E-state index contributed by atoms with van der Waals surface area (Å²) in [5, 5.41) is 6.52. The molecule has 0 saturated carbocycles. The molecule has 0 fully saturated rings. The summed E-state index contributed by atoms with van der Waals surface area (Å²) in [6, 6.07) is -1.10. The fraction of sp³-hybridized carbons (Fsp3) is 0.750. The van der Waals surface area contributed by atoms with Crippen LogP contribution in [0.1, 0.15) is 46.5 Å². The largest absolute Gasteiger partial charge is 0.463 e. The van der Waals surface area contributed by atoms with E-state index < -0.39 is 24.2 Å². The first kappa shape index (κ1) is 20.0. The highest BCUT2D eigenvalue weighted by Gasteiger charge is 2.36. The van der Waals surface area contributed by atoms with Crippen LogP contribution in [0, 0.1) is 0 Å². The van der Waals surface area contributed by atoms with Gasteiger partial charge in [0.15, 0.2) is 0 Å². The van der Waals surface area contributed by atoms with Crippen molar-refractivity contribution in [1.29, 1.82) is 0 Å². The molecule has 0 spiro atoms. The zero-order valence-corrected chi connectivity index (χ0v) is 14.5. The van der Waals surface area contributed by atoms with E-state index in [1.807, 2.05) is 0 Å². The fourth-order valence-corrected chi connectivity index (χ4v) is 2.63. The molecule has 1 N–H and O–H groups in total. The van der Waals surface area contributed by atoms with Crippen LogP contribution >= 0.6 is 0 Å². The van der Waals surface area contributed by atoms with Gasteiger partial charge < -0.3 is 14.8 Å². The number of nitrogens with zero attached hydrogens (tertiary/aromatic N) is 3. The summed E-state index contributed by atoms with van der Waals surface area (Å²) in [6.45, 7) is 5.98. The van der Waals surface area contributed by atoms with E-state index in [0.29, 0.717) is 12.2 Å². The standard InChI is InChI=1S/C16H26N4O4/c1-4-6-7-8-24-14-10-12(16(22)23-5-2)9-13(19-20-17)15(14)18-11(3)21/h10,13-15H,4-9H2,1-3H3,(H,18,21)/t13-,14+,15+/m0/s1. The predicted molar refractivity (Wildman–Crippen MR) is 89.1 cm³/mol. The fourth-order valence-electron chi connectivity index (χ4n) is 2.63. The SMILES string of the molecule is CCCCCO[C@@H]1C=C(C(=O)OCC)C[C@H](N=[N+]=[N-])[C@H]1NC(C)=O. The van der Waals surface area contributed by atoms with Gasteiger partial charge in [0, 0.05) is 24.0 Å². The summed E-state index contributed by atoms with van der Waals surface area (Å²) >= 11 is 0. The van der Waals surface area contributed by atoms with Crippen LogP contribution in [0.25, 0.3) is 10.4 Å². The first-order valence-electron chi connectivity index (χ1n) is 8.34. The van der Waals surface area contributed by atoms with Gasteiger partial charge in [-0.1, -0.05) is 24.9 Å². The van der Waals surface area contributed by atoms with Crippen molar-refractivity contribution in [2.24, 2.45) is 5.11 Å². The maximum absolute atomic E-state index is 12.0. The number of rotatable bonds is 9.